The largest absolute Gasteiger partial charge is 0.506 e. The molecule has 2 rings (SSSR count). The zero-order valence-electron chi connectivity index (χ0n) is 13.3. The molecule has 0 aliphatic rings. The van der Waals surface area contributed by atoms with Crippen LogP contribution in [0.1, 0.15) is 38.7 Å². The maximum atomic E-state index is 9.91. The third-order valence-electron chi connectivity index (χ3n) is 3.60. The van der Waals surface area contributed by atoms with Gasteiger partial charge in [-0.15, -0.1) is 5.11 Å². The molecule has 0 aliphatic heterocycles. The van der Waals surface area contributed by atoms with Crippen LogP contribution in [-0.2, 0) is 0 Å². The molecule has 0 saturated carbocycles. The second kappa shape index (κ2) is 7.59. The summed E-state index contributed by atoms with van der Waals surface area (Å²) in [5.41, 5.74) is 2.37. The van der Waals surface area contributed by atoms with Crippen LogP contribution < -0.4 is 4.74 Å². The summed E-state index contributed by atoms with van der Waals surface area (Å²) in [5, 5.41) is 18.2. The molecule has 0 saturated heterocycles. The van der Waals surface area contributed by atoms with E-state index in [9.17, 15) is 5.11 Å². The molecule has 0 amide bonds. The number of nitrogens with zero attached hydrogens (tertiary/aromatic N) is 2. The van der Waals surface area contributed by atoms with E-state index in [0.29, 0.717) is 18.2 Å². The van der Waals surface area contributed by atoms with Gasteiger partial charge in [-0.25, -0.2) is 0 Å². The first-order valence-electron chi connectivity index (χ1n) is 7.61. The third-order valence-corrected chi connectivity index (χ3v) is 3.60. The number of rotatable bonds is 6. The van der Waals surface area contributed by atoms with E-state index in [2.05, 4.69) is 24.1 Å². The van der Waals surface area contributed by atoms with Crippen LogP contribution in [0.2, 0.25) is 0 Å². The summed E-state index contributed by atoms with van der Waals surface area (Å²) >= 11 is 0. The molecule has 0 heterocycles. The summed E-state index contributed by atoms with van der Waals surface area (Å²) in [7, 11) is 0. The molecule has 4 heteroatoms. The first-order chi connectivity index (χ1) is 10.6. The van der Waals surface area contributed by atoms with E-state index in [1.807, 2.05) is 43.3 Å². The third kappa shape index (κ3) is 4.07. The van der Waals surface area contributed by atoms with Gasteiger partial charge >= 0.3 is 0 Å². The van der Waals surface area contributed by atoms with Crippen molar-refractivity contribution < 1.29 is 9.84 Å². The summed E-state index contributed by atoms with van der Waals surface area (Å²) in [6, 6.07) is 12.9. The Balaban J connectivity index is 2.18. The van der Waals surface area contributed by atoms with Gasteiger partial charge in [-0.3, -0.25) is 0 Å². The lowest BCUT2D eigenvalue weighted by Crippen LogP contribution is -1.90. The van der Waals surface area contributed by atoms with Gasteiger partial charge in [0, 0.05) is 0 Å². The van der Waals surface area contributed by atoms with Gasteiger partial charge in [0.05, 0.1) is 12.3 Å². The first-order valence-corrected chi connectivity index (χ1v) is 7.61. The predicted molar refractivity (Wildman–Crippen MR) is 88.6 cm³/mol. The van der Waals surface area contributed by atoms with E-state index in [1.54, 1.807) is 6.07 Å². The quantitative estimate of drug-likeness (QED) is 0.693. The molecule has 0 fully saturated rings. The van der Waals surface area contributed by atoms with Crippen LogP contribution in [0.3, 0.4) is 0 Å². The van der Waals surface area contributed by atoms with Gasteiger partial charge in [0.25, 0.3) is 0 Å². The maximum Gasteiger partial charge on any atom is 0.143 e. The number of hydrogen-bond acceptors (Lipinski definition) is 4. The van der Waals surface area contributed by atoms with Crippen molar-refractivity contribution in [1.82, 2.24) is 0 Å². The molecule has 0 radical (unpaired) electrons. The highest BCUT2D eigenvalue weighted by atomic mass is 16.5. The van der Waals surface area contributed by atoms with Crippen LogP contribution in [0.15, 0.2) is 52.7 Å². The second-order valence-electron chi connectivity index (χ2n) is 5.18. The highest BCUT2D eigenvalue weighted by Gasteiger charge is 2.07. The highest BCUT2D eigenvalue weighted by molar-refractivity contribution is 5.53. The van der Waals surface area contributed by atoms with Crippen molar-refractivity contribution in [2.24, 2.45) is 10.2 Å². The molecular weight excluding hydrogens is 276 g/mol. The molecule has 2 aromatic rings. The zero-order chi connectivity index (χ0) is 15.9. The van der Waals surface area contributed by atoms with Crippen LogP contribution in [-0.4, -0.2) is 11.7 Å². The summed E-state index contributed by atoms with van der Waals surface area (Å²) in [6.45, 7) is 6.87. The van der Waals surface area contributed by atoms with Gasteiger partial charge in [0.2, 0.25) is 0 Å². The molecule has 116 valence electrons. The van der Waals surface area contributed by atoms with Crippen molar-refractivity contribution in [2.45, 2.75) is 33.1 Å². The molecule has 0 aromatic heterocycles. The van der Waals surface area contributed by atoms with Gasteiger partial charge < -0.3 is 9.84 Å². The zero-order valence-corrected chi connectivity index (χ0v) is 13.3. The fraction of sp³-hybridized carbons (Fsp3) is 0.333. The first kappa shape index (κ1) is 16.0. The van der Waals surface area contributed by atoms with Crippen molar-refractivity contribution in [3.05, 3.63) is 48.0 Å². The Labute approximate surface area is 131 Å². The molecule has 4 nitrogen and oxygen atoms in total. The van der Waals surface area contributed by atoms with Crippen LogP contribution in [0.5, 0.6) is 11.5 Å². The minimum Gasteiger partial charge on any atom is -0.506 e. The molecule has 0 spiro atoms. The SMILES string of the molecule is CCOc1ccc(N=Nc2cc(C(C)CC)ccc2O)cc1. The Kier molecular flexibility index (Phi) is 5.53. The van der Waals surface area contributed by atoms with Gasteiger partial charge in [0.1, 0.15) is 17.2 Å². The van der Waals surface area contributed by atoms with Crippen LogP contribution in [0, 0.1) is 0 Å². The van der Waals surface area contributed by atoms with Crippen LogP contribution in [0.4, 0.5) is 11.4 Å². The highest BCUT2D eigenvalue weighted by Crippen LogP contribution is 2.32. The number of aromatic hydroxyl groups is 1. The summed E-state index contributed by atoms with van der Waals surface area (Å²) in [6.07, 6.45) is 1.04. The monoisotopic (exact) mass is 298 g/mol. The fourth-order valence-corrected chi connectivity index (χ4v) is 2.05. The predicted octanol–water partition coefficient (Wildman–Crippen LogP) is 5.72. The van der Waals surface area contributed by atoms with Crippen molar-refractivity contribution >= 4 is 11.4 Å². The Hall–Kier alpha value is -2.36. The standard InChI is InChI=1S/C18H22N2O2/c1-4-13(3)14-6-11-18(21)17(12-14)20-19-15-7-9-16(10-8-15)22-5-2/h6-13,21H,4-5H2,1-3H3. The number of benzene rings is 2. The van der Waals surface area contributed by atoms with E-state index in [1.165, 1.54) is 0 Å². The Morgan fingerprint density at radius 1 is 1.05 bits per heavy atom. The Morgan fingerprint density at radius 3 is 2.41 bits per heavy atom. The molecule has 0 aliphatic carbocycles. The molecule has 2 aromatic carbocycles. The van der Waals surface area contributed by atoms with E-state index < -0.39 is 0 Å². The molecular formula is C18H22N2O2. The van der Waals surface area contributed by atoms with E-state index in [0.717, 1.165) is 23.4 Å². The number of phenolic OH excluding ortho intramolecular Hbond substituents is 1. The van der Waals surface area contributed by atoms with Crippen molar-refractivity contribution in [3.63, 3.8) is 0 Å². The number of hydrogen-bond donors (Lipinski definition) is 1. The van der Waals surface area contributed by atoms with Crippen molar-refractivity contribution in [1.29, 1.82) is 0 Å². The summed E-state index contributed by atoms with van der Waals surface area (Å²) in [4.78, 5) is 0. The molecule has 1 unspecified atom stereocenters. The number of azo groups is 1. The van der Waals surface area contributed by atoms with Gasteiger partial charge in [-0.05, 0) is 61.2 Å². The van der Waals surface area contributed by atoms with Gasteiger partial charge in [-0.2, -0.15) is 5.11 Å². The lowest BCUT2D eigenvalue weighted by Gasteiger charge is -2.09. The summed E-state index contributed by atoms with van der Waals surface area (Å²) < 4.78 is 5.38. The number of phenols is 1. The second-order valence-corrected chi connectivity index (χ2v) is 5.18. The van der Waals surface area contributed by atoms with Crippen molar-refractivity contribution in [2.75, 3.05) is 6.61 Å². The van der Waals surface area contributed by atoms with Crippen LogP contribution >= 0.6 is 0 Å². The lowest BCUT2D eigenvalue weighted by atomic mass is 9.98. The minimum atomic E-state index is 0.140. The van der Waals surface area contributed by atoms with Crippen LogP contribution in [0.25, 0.3) is 0 Å². The normalized spacial score (nSPS) is 12.5. The average Bonchev–Trinajstić information content (AvgIpc) is 2.55. The Bertz CT molecular complexity index is 636. The van der Waals surface area contributed by atoms with Crippen molar-refractivity contribution in [3.8, 4) is 11.5 Å². The fourth-order valence-electron chi connectivity index (χ4n) is 2.05. The topological polar surface area (TPSA) is 54.2 Å². The van der Waals surface area contributed by atoms with E-state index in [4.69, 9.17) is 4.74 Å². The molecule has 1 atom stereocenters. The molecule has 0 bridgehead atoms. The summed E-state index contributed by atoms with van der Waals surface area (Å²) in [5.74, 6) is 1.38. The van der Waals surface area contributed by atoms with E-state index in [-0.39, 0.29) is 5.75 Å². The van der Waals surface area contributed by atoms with Gasteiger partial charge in [-0.1, -0.05) is 19.9 Å². The smallest absolute Gasteiger partial charge is 0.143 e. The lowest BCUT2D eigenvalue weighted by molar-refractivity contribution is 0.340. The average molecular weight is 298 g/mol. The molecule has 1 N–H and O–H groups in total. The van der Waals surface area contributed by atoms with Gasteiger partial charge in [0.15, 0.2) is 0 Å². The molecule has 22 heavy (non-hydrogen) atoms. The van der Waals surface area contributed by atoms with E-state index >= 15 is 0 Å². The Morgan fingerprint density at radius 2 is 1.77 bits per heavy atom. The minimum absolute atomic E-state index is 0.140. The maximum absolute atomic E-state index is 9.91. The number of ether oxygens (including phenoxy) is 1.